The van der Waals surface area contributed by atoms with E-state index in [0.717, 1.165) is 49.6 Å². The van der Waals surface area contributed by atoms with Crippen LogP contribution < -0.4 is 5.32 Å². The molecule has 26 heavy (non-hydrogen) atoms. The van der Waals surface area contributed by atoms with E-state index in [2.05, 4.69) is 21.2 Å². The summed E-state index contributed by atoms with van der Waals surface area (Å²) < 4.78 is 11.4. The molecule has 0 atom stereocenters. The Hall–Kier alpha value is -1.07. The molecule has 4 nitrogen and oxygen atoms in total. The normalized spacial score (nSPS) is 19.9. The number of ether oxygens (including phenoxy) is 2. The predicted octanol–water partition coefficient (Wildman–Crippen LogP) is 5.44. The van der Waals surface area contributed by atoms with Gasteiger partial charge in [-0.15, -0.1) is 0 Å². The molecule has 2 rings (SSSR count). The average Bonchev–Trinajstić information content (AvgIpc) is 2.69. The Bertz CT molecular complexity index is 489. The highest BCUT2D eigenvalue weighted by molar-refractivity contribution is 9.09. The highest BCUT2D eigenvalue weighted by atomic mass is 79.9. The highest BCUT2D eigenvalue weighted by Crippen LogP contribution is 2.26. The van der Waals surface area contributed by atoms with Gasteiger partial charge in [0.2, 0.25) is 0 Å². The number of alkyl halides is 1. The van der Waals surface area contributed by atoms with E-state index < -0.39 is 0 Å². The van der Waals surface area contributed by atoms with Crippen LogP contribution in [0.4, 0.5) is 4.79 Å². The number of hydrogen-bond acceptors (Lipinski definition) is 3. The number of carbonyl (C=O) groups is 1. The van der Waals surface area contributed by atoms with Crippen LogP contribution >= 0.6 is 15.9 Å². The molecule has 1 fully saturated rings. The van der Waals surface area contributed by atoms with Gasteiger partial charge in [0.05, 0.1) is 12.7 Å². The van der Waals surface area contributed by atoms with Crippen LogP contribution in [0.2, 0.25) is 0 Å². The predicted molar refractivity (Wildman–Crippen MR) is 109 cm³/mol. The summed E-state index contributed by atoms with van der Waals surface area (Å²) in [4.78, 5) is 11.8. The largest absolute Gasteiger partial charge is 0.449 e. The Morgan fingerprint density at radius 3 is 2.50 bits per heavy atom. The third kappa shape index (κ3) is 9.04. The maximum atomic E-state index is 11.8. The summed E-state index contributed by atoms with van der Waals surface area (Å²) >= 11 is 3.46. The Labute approximate surface area is 166 Å². The van der Waals surface area contributed by atoms with Crippen molar-refractivity contribution in [2.75, 3.05) is 18.5 Å². The summed E-state index contributed by atoms with van der Waals surface area (Å²) in [5.74, 6) is 0.469. The molecule has 0 spiro atoms. The van der Waals surface area contributed by atoms with E-state index in [-0.39, 0.29) is 6.09 Å². The zero-order valence-electron chi connectivity index (χ0n) is 15.6. The SMILES string of the molecule is O=C(NCc1ccccc1)OCC1CCC(OCCCCCCBr)CC1. The number of nitrogens with one attached hydrogen (secondary N) is 1. The molecule has 0 aromatic heterocycles. The molecule has 0 radical (unpaired) electrons. The lowest BCUT2D eigenvalue weighted by Gasteiger charge is -2.28. The fourth-order valence-electron chi connectivity index (χ4n) is 3.28. The second kappa shape index (κ2) is 13.2. The maximum Gasteiger partial charge on any atom is 0.407 e. The Balaban J connectivity index is 1.48. The topological polar surface area (TPSA) is 47.6 Å². The van der Waals surface area contributed by atoms with Gasteiger partial charge < -0.3 is 14.8 Å². The molecule has 0 unspecified atom stereocenters. The van der Waals surface area contributed by atoms with Gasteiger partial charge >= 0.3 is 6.09 Å². The number of amides is 1. The van der Waals surface area contributed by atoms with Crippen LogP contribution in [0.15, 0.2) is 30.3 Å². The molecular formula is C21H32BrNO3. The van der Waals surface area contributed by atoms with E-state index in [0.29, 0.717) is 25.2 Å². The second-order valence-corrected chi connectivity index (χ2v) is 7.85. The van der Waals surface area contributed by atoms with E-state index in [1.54, 1.807) is 0 Å². The molecule has 0 aliphatic heterocycles. The summed E-state index contributed by atoms with van der Waals surface area (Å²) in [5, 5.41) is 3.91. The monoisotopic (exact) mass is 425 g/mol. The second-order valence-electron chi connectivity index (χ2n) is 7.05. The first-order chi connectivity index (χ1) is 12.8. The van der Waals surface area contributed by atoms with E-state index in [1.165, 1.54) is 19.3 Å². The van der Waals surface area contributed by atoms with Crippen molar-refractivity contribution >= 4 is 22.0 Å². The molecule has 1 saturated carbocycles. The molecule has 1 aliphatic carbocycles. The molecular weight excluding hydrogens is 394 g/mol. The Morgan fingerprint density at radius 2 is 1.77 bits per heavy atom. The summed E-state index contributed by atoms with van der Waals surface area (Å²) in [7, 11) is 0. The number of unbranched alkanes of at least 4 members (excludes halogenated alkanes) is 3. The van der Waals surface area contributed by atoms with E-state index in [1.807, 2.05) is 30.3 Å². The van der Waals surface area contributed by atoms with Crippen LogP contribution in [0.1, 0.15) is 56.9 Å². The number of hydrogen-bond donors (Lipinski definition) is 1. The third-order valence-electron chi connectivity index (χ3n) is 4.91. The first kappa shape index (κ1) is 21.2. The van der Waals surface area contributed by atoms with Crippen LogP contribution in [-0.2, 0) is 16.0 Å². The lowest BCUT2D eigenvalue weighted by Crippen LogP contribution is -2.29. The van der Waals surface area contributed by atoms with Gasteiger partial charge in [0.25, 0.3) is 0 Å². The zero-order valence-corrected chi connectivity index (χ0v) is 17.2. The van der Waals surface area contributed by atoms with Crippen molar-refractivity contribution in [3.63, 3.8) is 0 Å². The van der Waals surface area contributed by atoms with Gasteiger partial charge in [0.1, 0.15) is 0 Å². The van der Waals surface area contributed by atoms with Gasteiger partial charge in [-0.25, -0.2) is 4.79 Å². The number of alkyl carbamates (subject to hydrolysis) is 1. The van der Waals surface area contributed by atoms with Crippen LogP contribution in [0.25, 0.3) is 0 Å². The minimum atomic E-state index is -0.323. The molecule has 1 aromatic carbocycles. The van der Waals surface area contributed by atoms with E-state index in [9.17, 15) is 4.79 Å². The molecule has 1 aliphatic rings. The molecule has 1 N–H and O–H groups in total. The third-order valence-corrected chi connectivity index (χ3v) is 5.47. The molecule has 0 heterocycles. The van der Waals surface area contributed by atoms with Crippen LogP contribution in [0.5, 0.6) is 0 Å². The lowest BCUT2D eigenvalue weighted by molar-refractivity contribution is 0.00787. The van der Waals surface area contributed by atoms with Gasteiger partial charge in [-0.3, -0.25) is 0 Å². The standard InChI is InChI=1S/C21H32BrNO3/c22-14-6-1-2-7-15-25-20-12-10-19(11-13-20)17-26-21(24)23-16-18-8-4-3-5-9-18/h3-5,8-9,19-20H,1-2,6-7,10-17H2,(H,23,24). The van der Waals surface area contributed by atoms with Crippen molar-refractivity contribution in [1.29, 1.82) is 0 Å². The number of benzene rings is 1. The summed E-state index contributed by atoms with van der Waals surface area (Å²) in [6, 6.07) is 9.87. The molecule has 0 bridgehead atoms. The molecule has 1 aromatic rings. The molecule has 0 saturated heterocycles. The molecule has 1 amide bonds. The number of rotatable bonds is 11. The molecule has 146 valence electrons. The van der Waals surface area contributed by atoms with Crippen LogP contribution in [0, 0.1) is 5.92 Å². The maximum absolute atomic E-state index is 11.8. The van der Waals surface area contributed by atoms with E-state index >= 15 is 0 Å². The summed E-state index contributed by atoms with van der Waals surface area (Å²) in [6.45, 7) is 1.91. The van der Waals surface area contributed by atoms with Gasteiger partial charge in [0, 0.05) is 18.5 Å². The quantitative estimate of drug-likeness (QED) is 0.379. The van der Waals surface area contributed by atoms with Crippen molar-refractivity contribution in [1.82, 2.24) is 5.32 Å². The zero-order chi connectivity index (χ0) is 18.5. The smallest absolute Gasteiger partial charge is 0.407 e. The fraction of sp³-hybridized carbons (Fsp3) is 0.667. The van der Waals surface area contributed by atoms with Crippen molar-refractivity contribution in [2.45, 2.75) is 64.0 Å². The Kier molecular flexibility index (Phi) is 10.7. The van der Waals surface area contributed by atoms with Crippen LogP contribution in [-0.4, -0.2) is 30.7 Å². The lowest BCUT2D eigenvalue weighted by atomic mass is 9.88. The Morgan fingerprint density at radius 1 is 1.04 bits per heavy atom. The van der Waals surface area contributed by atoms with Crippen molar-refractivity contribution in [3.8, 4) is 0 Å². The molecule has 5 heteroatoms. The summed E-state index contributed by atoms with van der Waals surface area (Å²) in [6.07, 6.45) is 9.37. The van der Waals surface area contributed by atoms with E-state index in [4.69, 9.17) is 9.47 Å². The fourth-order valence-corrected chi connectivity index (χ4v) is 3.68. The van der Waals surface area contributed by atoms with Crippen LogP contribution in [0.3, 0.4) is 0 Å². The highest BCUT2D eigenvalue weighted by Gasteiger charge is 2.22. The average molecular weight is 426 g/mol. The first-order valence-electron chi connectivity index (χ1n) is 9.90. The first-order valence-corrected chi connectivity index (χ1v) is 11.0. The number of halogens is 1. The minimum Gasteiger partial charge on any atom is -0.449 e. The minimum absolute atomic E-state index is 0.323. The summed E-state index contributed by atoms with van der Waals surface area (Å²) in [5.41, 5.74) is 1.08. The van der Waals surface area contributed by atoms with Gasteiger partial charge in [-0.1, -0.05) is 59.1 Å². The number of carbonyl (C=O) groups excluding carboxylic acids is 1. The van der Waals surface area contributed by atoms with Gasteiger partial charge in [-0.05, 0) is 50.0 Å². The van der Waals surface area contributed by atoms with Gasteiger partial charge in [0.15, 0.2) is 0 Å². The van der Waals surface area contributed by atoms with Crippen molar-refractivity contribution in [2.24, 2.45) is 5.92 Å². The van der Waals surface area contributed by atoms with Crippen molar-refractivity contribution in [3.05, 3.63) is 35.9 Å². The van der Waals surface area contributed by atoms with Crippen molar-refractivity contribution < 1.29 is 14.3 Å². The van der Waals surface area contributed by atoms with Gasteiger partial charge in [-0.2, -0.15) is 0 Å².